The molecule has 2 rings (SSSR count). The molecule has 0 aliphatic carbocycles. The summed E-state index contributed by atoms with van der Waals surface area (Å²) in [6.07, 6.45) is -0.713. The van der Waals surface area contributed by atoms with Gasteiger partial charge >= 0.3 is 0 Å². The minimum atomic E-state index is -0.713. The van der Waals surface area contributed by atoms with E-state index < -0.39 is 6.10 Å². The van der Waals surface area contributed by atoms with Crippen LogP contribution in [0.1, 0.15) is 13.8 Å². The lowest BCUT2D eigenvalue weighted by Gasteiger charge is -2.25. The molecule has 1 atom stereocenters. The Balaban J connectivity index is 1.90. The van der Waals surface area contributed by atoms with E-state index in [-0.39, 0.29) is 30.8 Å². The summed E-state index contributed by atoms with van der Waals surface area (Å²) >= 11 is 0. The number of ether oxygens (including phenoxy) is 2. The Labute approximate surface area is 111 Å². The van der Waals surface area contributed by atoms with E-state index in [9.17, 15) is 9.59 Å². The van der Waals surface area contributed by atoms with Crippen LogP contribution in [0.2, 0.25) is 0 Å². The number of nitrogens with one attached hydrogen (secondary N) is 1. The van der Waals surface area contributed by atoms with Crippen molar-refractivity contribution < 1.29 is 19.1 Å². The number of carbonyl (C=O) groups excluding carboxylic acids is 2. The molecule has 0 aromatic heterocycles. The van der Waals surface area contributed by atoms with Gasteiger partial charge in [0.2, 0.25) is 6.10 Å². The number of Topliss-reactive ketones (excluding diaryl/α,β-unsaturated/α-hetero) is 1. The molecule has 0 radical (unpaired) electrons. The van der Waals surface area contributed by atoms with E-state index in [1.807, 2.05) is 12.1 Å². The third kappa shape index (κ3) is 3.24. The molecular formula is C14H17NO4. The SMILES string of the molecule is CC(C)C(=O)CNC(=O)C1COc2ccccc2O1. The first-order valence-electron chi connectivity index (χ1n) is 6.27. The number of amides is 1. The topological polar surface area (TPSA) is 64.6 Å². The molecule has 1 aromatic rings. The predicted molar refractivity (Wildman–Crippen MR) is 69.2 cm³/mol. The number of fused-ring (bicyclic) bond motifs is 1. The van der Waals surface area contributed by atoms with Gasteiger partial charge < -0.3 is 14.8 Å². The van der Waals surface area contributed by atoms with E-state index >= 15 is 0 Å². The van der Waals surface area contributed by atoms with E-state index in [2.05, 4.69) is 5.32 Å². The van der Waals surface area contributed by atoms with Crippen LogP contribution >= 0.6 is 0 Å². The first-order valence-corrected chi connectivity index (χ1v) is 6.27. The van der Waals surface area contributed by atoms with Gasteiger partial charge in [0.05, 0.1) is 6.54 Å². The number of ketones is 1. The third-order valence-electron chi connectivity index (χ3n) is 2.88. The Kier molecular flexibility index (Phi) is 4.04. The predicted octanol–water partition coefficient (Wildman–Crippen LogP) is 1.17. The average Bonchev–Trinajstić information content (AvgIpc) is 2.43. The van der Waals surface area contributed by atoms with Crippen LogP contribution < -0.4 is 14.8 Å². The highest BCUT2D eigenvalue weighted by atomic mass is 16.6. The second kappa shape index (κ2) is 5.73. The number of hydrogen-bond donors (Lipinski definition) is 1. The fourth-order valence-electron chi connectivity index (χ4n) is 1.64. The molecule has 0 fully saturated rings. The highest BCUT2D eigenvalue weighted by molar-refractivity contribution is 5.89. The first-order chi connectivity index (χ1) is 9.08. The van der Waals surface area contributed by atoms with Crippen molar-refractivity contribution in [1.29, 1.82) is 0 Å². The van der Waals surface area contributed by atoms with Gasteiger partial charge in [-0.2, -0.15) is 0 Å². The summed E-state index contributed by atoms with van der Waals surface area (Å²) in [6, 6.07) is 7.18. The van der Waals surface area contributed by atoms with E-state index in [1.54, 1.807) is 26.0 Å². The van der Waals surface area contributed by atoms with Crippen LogP contribution in [0.4, 0.5) is 0 Å². The summed E-state index contributed by atoms with van der Waals surface area (Å²) in [6.45, 7) is 3.77. The molecule has 5 nitrogen and oxygen atoms in total. The van der Waals surface area contributed by atoms with Crippen molar-refractivity contribution in [1.82, 2.24) is 5.32 Å². The number of para-hydroxylation sites is 2. The maximum atomic E-state index is 11.9. The van der Waals surface area contributed by atoms with Crippen molar-refractivity contribution in [2.24, 2.45) is 5.92 Å². The normalized spacial score (nSPS) is 17.1. The van der Waals surface area contributed by atoms with Gasteiger partial charge in [-0.1, -0.05) is 26.0 Å². The maximum Gasteiger partial charge on any atom is 0.265 e. The molecule has 19 heavy (non-hydrogen) atoms. The zero-order chi connectivity index (χ0) is 13.8. The largest absolute Gasteiger partial charge is 0.485 e. The molecule has 1 aliphatic rings. The third-order valence-corrected chi connectivity index (χ3v) is 2.88. The Hall–Kier alpha value is -2.04. The van der Waals surface area contributed by atoms with Gasteiger partial charge in [-0.3, -0.25) is 9.59 Å². The smallest absolute Gasteiger partial charge is 0.265 e. The van der Waals surface area contributed by atoms with Crippen molar-refractivity contribution in [3.63, 3.8) is 0 Å². The second-order valence-electron chi connectivity index (χ2n) is 4.70. The van der Waals surface area contributed by atoms with Gasteiger partial charge in [-0.05, 0) is 12.1 Å². The van der Waals surface area contributed by atoms with Gasteiger partial charge in [-0.15, -0.1) is 0 Å². The Morgan fingerprint density at radius 3 is 2.68 bits per heavy atom. The summed E-state index contributed by atoms with van der Waals surface area (Å²) < 4.78 is 11.0. The molecular weight excluding hydrogens is 246 g/mol. The monoisotopic (exact) mass is 263 g/mol. The average molecular weight is 263 g/mol. The number of rotatable bonds is 4. The lowest BCUT2D eigenvalue weighted by atomic mass is 10.1. The second-order valence-corrected chi connectivity index (χ2v) is 4.70. The molecule has 1 heterocycles. The molecule has 1 amide bonds. The Morgan fingerprint density at radius 2 is 2.00 bits per heavy atom. The van der Waals surface area contributed by atoms with Crippen LogP contribution in [0.3, 0.4) is 0 Å². The molecule has 1 aliphatic heterocycles. The summed E-state index contributed by atoms with van der Waals surface area (Å²) in [7, 11) is 0. The minimum Gasteiger partial charge on any atom is -0.485 e. The molecule has 1 N–H and O–H groups in total. The quantitative estimate of drug-likeness (QED) is 0.885. The summed E-state index contributed by atoms with van der Waals surface area (Å²) in [5.41, 5.74) is 0. The van der Waals surface area contributed by atoms with Crippen LogP contribution in [0.5, 0.6) is 11.5 Å². The lowest BCUT2D eigenvalue weighted by molar-refractivity contribution is -0.132. The van der Waals surface area contributed by atoms with Gasteiger partial charge in [0.1, 0.15) is 6.61 Å². The molecule has 102 valence electrons. The van der Waals surface area contributed by atoms with Crippen LogP contribution in [0.15, 0.2) is 24.3 Å². The highest BCUT2D eigenvalue weighted by Crippen LogP contribution is 2.30. The summed E-state index contributed by atoms with van der Waals surface area (Å²) in [5, 5.41) is 2.57. The molecule has 0 saturated carbocycles. The van der Waals surface area contributed by atoms with Crippen molar-refractivity contribution in [2.45, 2.75) is 20.0 Å². The van der Waals surface area contributed by atoms with Crippen molar-refractivity contribution in [3.8, 4) is 11.5 Å². The van der Waals surface area contributed by atoms with Gasteiger partial charge in [0, 0.05) is 5.92 Å². The zero-order valence-electron chi connectivity index (χ0n) is 11.0. The van der Waals surface area contributed by atoms with Crippen LogP contribution in [-0.4, -0.2) is 30.9 Å². The molecule has 0 saturated heterocycles. The Morgan fingerprint density at radius 1 is 1.32 bits per heavy atom. The molecule has 1 unspecified atom stereocenters. The first kappa shape index (κ1) is 13.4. The zero-order valence-corrected chi connectivity index (χ0v) is 11.0. The number of carbonyl (C=O) groups is 2. The highest BCUT2D eigenvalue weighted by Gasteiger charge is 2.27. The van der Waals surface area contributed by atoms with E-state index in [4.69, 9.17) is 9.47 Å². The standard InChI is InChI=1S/C14H17NO4/c1-9(2)10(16)7-15-14(17)13-8-18-11-5-3-4-6-12(11)19-13/h3-6,9,13H,7-8H2,1-2H3,(H,15,17). The number of hydrogen-bond acceptors (Lipinski definition) is 4. The van der Waals surface area contributed by atoms with Crippen molar-refractivity contribution in [3.05, 3.63) is 24.3 Å². The fraction of sp³-hybridized carbons (Fsp3) is 0.429. The van der Waals surface area contributed by atoms with Crippen LogP contribution in [-0.2, 0) is 9.59 Å². The van der Waals surface area contributed by atoms with E-state index in [0.29, 0.717) is 11.5 Å². The summed E-state index contributed by atoms with van der Waals surface area (Å²) in [5.74, 6) is 0.743. The maximum absolute atomic E-state index is 11.9. The molecule has 1 aromatic carbocycles. The minimum absolute atomic E-state index is 0.00882. The van der Waals surface area contributed by atoms with Crippen molar-refractivity contribution in [2.75, 3.05) is 13.2 Å². The van der Waals surface area contributed by atoms with E-state index in [0.717, 1.165) is 0 Å². The molecule has 0 bridgehead atoms. The van der Waals surface area contributed by atoms with Gasteiger partial charge in [-0.25, -0.2) is 0 Å². The fourth-order valence-corrected chi connectivity index (χ4v) is 1.64. The van der Waals surface area contributed by atoms with E-state index in [1.165, 1.54) is 0 Å². The van der Waals surface area contributed by atoms with Gasteiger partial charge in [0.25, 0.3) is 5.91 Å². The summed E-state index contributed by atoms with van der Waals surface area (Å²) in [4.78, 5) is 23.3. The van der Waals surface area contributed by atoms with Crippen molar-refractivity contribution >= 4 is 11.7 Å². The molecule has 5 heteroatoms. The Bertz CT molecular complexity index is 484. The lowest BCUT2D eigenvalue weighted by Crippen LogP contribution is -2.45. The van der Waals surface area contributed by atoms with Gasteiger partial charge in [0.15, 0.2) is 17.3 Å². The van der Waals surface area contributed by atoms with Crippen LogP contribution in [0.25, 0.3) is 0 Å². The number of benzene rings is 1. The molecule has 0 spiro atoms. The van der Waals surface area contributed by atoms with Crippen LogP contribution in [0, 0.1) is 5.92 Å².